The summed E-state index contributed by atoms with van der Waals surface area (Å²) in [5.41, 5.74) is 6.48. The van der Waals surface area contributed by atoms with Gasteiger partial charge in [-0.3, -0.25) is 4.79 Å². The molecule has 1 heterocycles. The van der Waals surface area contributed by atoms with Crippen LogP contribution in [0.25, 0.3) is 10.1 Å². The summed E-state index contributed by atoms with van der Waals surface area (Å²) in [4.78, 5) is 13.1. The number of fused-ring (bicyclic) bond motifs is 1. The Morgan fingerprint density at radius 3 is 2.62 bits per heavy atom. The number of thiophene rings is 1. The molecule has 1 aromatic heterocycles. The first-order chi connectivity index (χ1) is 9.95. The van der Waals surface area contributed by atoms with E-state index in [4.69, 9.17) is 10.5 Å². The van der Waals surface area contributed by atoms with E-state index in [2.05, 4.69) is 26.1 Å². The van der Waals surface area contributed by atoms with Crippen molar-refractivity contribution < 1.29 is 9.53 Å². The molecule has 1 amide bonds. The van der Waals surface area contributed by atoms with Crippen LogP contribution in [0.1, 0.15) is 43.3 Å². The summed E-state index contributed by atoms with van der Waals surface area (Å²) in [5.74, 6) is 0.594. The number of hydrogen-bond acceptors (Lipinski definition) is 4. The molecule has 21 heavy (non-hydrogen) atoms. The number of nitrogens with two attached hydrogens (primary N) is 1. The third-order valence-electron chi connectivity index (χ3n) is 4.12. The molecule has 0 radical (unpaired) electrons. The van der Waals surface area contributed by atoms with E-state index in [0.29, 0.717) is 16.3 Å². The highest BCUT2D eigenvalue weighted by atomic mass is 32.1. The number of carbonyl (C=O) groups excluding carboxylic acids is 1. The Morgan fingerprint density at radius 2 is 2.05 bits per heavy atom. The van der Waals surface area contributed by atoms with Gasteiger partial charge < -0.3 is 15.8 Å². The number of ether oxygens (including phenoxy) is 1. The predicted molar refractivity (Wildman–Crippen MR) is 89.2 cm³/mol. The van der Waals surface area contributed by atoms with Gasteiger partial charge in [-0.1, -0.05) is 19.9 Å². The molecule has 0 spiro atoms. The molecule has 0 bridgehead atoms. The molecule has 0 atom stereocenters. The van der Waals surface area contributed by atoms with Crippen LogP contribution in [0.3, 0.4) is 0 Å². The van der Waals surface area contributed by atoms with Gasteiger partial charge in [0.1, 0.15) is 10.6 Å². The highest BCUT2D eigenvalue weighted by Gasteiger charge is 2.26. The Morgan fingerprint density at radius 1 is 1.38 bits per heavy atom. The van der Waals surface area contributed by atoms with Crippen LogP contribution < -0.4 is 15.8 Å². The van der Waals surface area contributed by atoms with Crippen LogP contribution >= 0.6 is 11.3 Å². The maximum Gasteiger partial charge on any atom is 0.263 e. The van der Waals surface area contributed by atoms with Crippen LogP contribution in [0.2, 0.25) is 0 Å². The minimum atomic E-state index is -0.205. The van der Waals surface area contributed by atoms with Crippen LogP contribution in [0.15, 0.2) is 18.2 Å². The second-order valence-electron chi connectivity index (χ2n) is 5.40. The summed E-state index contributed by atoms with van der Waals surface area (Å²) in [7, 11) is 1.61. The highest BCUT2D eigenvalue weighted by Crippen LogP contribution is 2.39. The number of carbonyl (C=O) groups is 1. The maximum absolute atomic E-state index is 12.5. The van der Waals surface area contributed by atoms with Gasteiger partial charge in [-0.25, -0.2) is 0 Å². The Hall–Kier alpha value is -1.75. The molecule has 1 aromatic carbocycles. The van der Waals surface area contributed by atoms with E-state index in [1.807, 2.05) is 18.2 Å². The average molecular weight is 306 g/mol. The predicted octanol–water partition coefficient (Wildman–Crippen LogP) is 3.80. The number of amides is 1. The van der Waals surface area contributed by atoms with Gasteiger partial charge in [-0.05, 0) is 31.9 Å². The standard InChI is InChI=1S/C16H22N2O2S/c1-5-16(3,6-2)18-15(19)14-13(17)12-10(20-4)8-7-9-11(12)21-14/h7-9H,5-6,17H2,1-4H3,(H,18,19). The molecule has 2 aromatic rings. The van der Waals surface area contributed by atoms with E-state index in [-0.39, 0.29) is 11.4 Å². The summed E-state index contributed by atoms with van der Waals surface area (Å²) in [5, 5.41) is 3.92. The summed E-state index contributed by atoms with van der Waals surface area (Å²) in [6.45, 7) is 6.19. The van der Waals surface area contributed by atoms with E-state index in [1.54, 1.807) is 7.11 Å². The summed E-state index contributed by atoms with van der Waals surface area (Å²) in [6.07, 6.45) is 1.76. The van der Waals surface area contributed by atoms with Gasteiger partial charge in [0, 0.05) is 10.2 Å². The number of rotatable bonds is 5. The fraction of sp³-hybridized carbons (Fsp3) is 0.438. The minimum Gasteiger partial charge on any atom is -0.496 e. The number of nitrogen functional groups attached to an aromatic ring is 1. The second-order valence-corrected chi connectivity index (χ2v) is 6.45. The Kier molecular flexibility index (Phi) is 4.42. The lowest BCUT2D eigenvalue weighted by Gasteiger charge is -2.28. The molecule has 0 aliphatic carbocycles. The monoisotopic (exact) mass is 306 g/mol. The number of hydrogen-bond donors (Lipinski definition) is 2. The SMILES string of the molecule is CCC(C)(CC)NC(=O)c1sc2cccc(OC)c2c1N. The molecular weight excluding hydrogens is 284 g/mol. The van der Waals surface area contributed by atoms with Gasteiger partial charge in [-0.2, -0.15) is 0 Å². The van der Waals surface area contributed by atoms with Gasteiger partial charge in [0.05, 0.1) is 18.2 Å². The molecule has 0 unspecified atom stereocenters. The number of anilines is 1. The van der Waals surface area contributed by atoms with Crippen molar-refractivity contribution in [3.05, 3.63) is 23.1 Å². The third kappa shape index (κ3) is 2.83. The zero-order valence-electron chi connectivity index (χ0n) is 12.9. The van der Waals surface area contributed by atoms with Crippen LogP contribution in [0.4, 0.5) is 5.69 Å². The molecule has 0 saturated carbocycles. The smallest absolute Gasteiger partial charge is 0.263 e. The number of benzene rings is 1. The van der Waals surface area contributed by atoms with E-state index in [0.717, 1.165) is 22.9 Å². The Balaban J connectivity index is 2.43. The van der Waals surface area contributed by atoms with Crippen molar-refractivity contribution in [2.45, 2.75) is 39.2 Å². The molecule has 3 N–H and O–H groups in total. The van der Waals surface area contributed by atoms with Gasteiger partial charge in [0.25, 0.3) is 5.91 Å². The zero-order chi connectivity index (χ0) is 15.6. The van der Waals surface area contributed by atoms with E-state index in [9.17, 15) is 4.79 Å². The van der Waals surface area contributed by atoms with Crippen molar-refractivity contribution in [2.24, 2.45) is 0 Å². The van der Waals surface area contributed by atoms with E-state index >= 15 is 0 Å². The first kappa shape index (κ1) is 15.6. The lowest BCUT2D eigenvalue weighted by atomic mass is 9.95. The van der Waals surface area contributed by atoms with Crippen molar-refractivity contribution >= 4 is 33.0 Å². The molecule has 0 saturated heterocycles. The lowest BCUT2D eigenvalue weighted by molar-refractivity contribution is 0.0906. The van der Waals surface area contributed by atoms with Crippen LogP contribution in [-0.4, -0.2) is 18.6 Å². The molecule has 5 heteroatoms. The molecule has 2 rings (SSSR count). The van der Waals surface area contributed by atoms with Crippen LogP contribution in [0.5, 0.6) is 5.75 Å². The molecular formula is C16H22N2O2S. The van der Waals surface area contributed by atoms with Crippen molar-refractivity contribution in [2.75, 3.05) is 12.8 Å². The molecule has 114 valence electrons. The topological polar surface area (TPSA) is 64.3 Å². The van der Waals surface area contributed by atoms with Crippen LogP contribution in [-0.2, 0) is 0 Å². The van der Waals surface area contributed by atoms with Crippen molar-refractivity contribution in [3.8, 4) is 5.75 Å². The fourth-order valence-corrected chi connectivity index (χ4v) is 3.27. The van der Waals surface area contributed by atoms with E-state index < -0.39 is 0 Å². The van der Waals surface area contributed by atoms with Gasteiger partial charge >= 0.3 is 0 Å². The number of methoxy groups -OCH3 is 1. The average Bonchev–Trinajstić information content (AvgIpc) is 2.84. The normalized spacial score (nSPS) is 11.6. The highest BCUT2D eigenvalue weighted by molar-refractivity contribution is 7.21. The van der Waals surface area contributed by atoms with Crippen molar-refractivity contribution in [1.29, 1.82) is 0 Å². The quantitative estimate of drug-likeness (QED) is 0.883. The molecule has 0 fully saturated rings. The first-order valence-electron chi connectivity index (χ1n) is 7.13. The summed E-state index contributed by atoms with van der Waals surface area (Å²) < 4.78 is 6.30. The van der Waals surface area contributed by atoms with Crippen molar-refractivity contribution in [3.63, 3.8) is 0 Å². The van der Waals surface area contributed by atoms with Gasteiger partial charge in [0.15, 0.2) is 0 Å². The Bertz CT molecular complexity index is 660. The van der Waals surface area contributed by atoms with E-state index in [1.165, 1.54) is 11.3 Å². The summed E-state index contributed by atoms with van der Waals surface area (Å²) in [6, 6.07) is 5.71. The van der Waals surface area contributed by atoms with Gasteiger partial charge in [-0.15, -0.1) is 11.3 Å². The van der Waals surface area contributed by atoms with Crippen LogP contribution in [0, 0.1) is 0 Å². The minimum absolute atomic E-state index is 0.109. The molecule has 4 nitrogen and oxygen atoms in total. The van der Waals surface area contributed by atoms with Crippen molar-refractivity contribution in [1.82, 2.24) is 5.32 Å². The molecule has 0 aliphatic heterocycles. The molecule has 0 aliphatic rings. The van der Waals surface area contributed by atoms with Gasteiger partial charge in [0.2, 0.25) is 0 Å². The summed E-state index contributed by atoms with van der Waals surface area (Å²) >= 11 is 1.41. The number of nitrogens with one attached hydrogen (secondary N) is 1. The maximum atomic E-state index is 12.5. The first-order valence-corrected chi connectivity index (χ1v) is 7.95. The third-order valence-corrected chi connectivity index (χ3v) is 5.29. The largest absolute Gasteiger partial charge is 0.496 e. The lowest BCUT2D eigenvalue weighted by Crippen LogP contribution is -2.44. The second kappa shape index (κ2) is 5.93. The fourth-order valence-electron chi connectivity index (χ4n) is 2.24. The zero-order valence-corrected chi connectivity index (χ0v) is 13.8. The Labute approximate surface area is 129 Å².